The number of carbonyl (C=O) groups excluding carboxylic acids is 2. The lowest BCUT2D eigenvalue weighted by Crippen LogP contribution is -2.22. The zero-order valence-corrected chi connectivity index (χ0v) is 15.0. The van der Waals surface area contributed by atoms with Gasteiger partial charge in [-0.15, -0.1) is 0 Å². The van der Waals surface area contributed by atoms with Gasteiger partial charge in [0.1, 0.15) is 5.75 Å². The summed E-state index contributed by atoms with van der Waals surface area (Å²) in [7, 11) is -0.675. The molecule has 25 heavy (non-hydrogen) atoms. The number of nitrogens with zero attached hydrogens (tertiary/aromatic N) is 1. The second kappa shape index (κ2) is 7.58. The van der Waals surface area contributed by atoms with Crippen molar-refractivity contribution >= 4 is 21.8 Å². The third-order valence-corrected chi connectivity index (χ3v) is 5.41. The van der Waals surface area contributed by atoms with E-state index in [0.29, 0.717) is 17.7 Å². The summed E-state index contributed by atoms with van der Waals surface area (Å²) in [6, 6.07) is 11.8. The van der Waals surface area contributed by atoms with Crippen molar-refractivity contribution in [1.82, 2.24) is 4.31 Å². The fraction of sp³-hybridized carbons (Fsp3) is 0.222. The maximum Gasteiger partial charge on any atom is 0.343 e. The van der Waals surface area contributed by atoms with Gasteiger partial charge in [-0.05, 0) is 48.5 Å². The van der Waals surface area contributed by atoms with Gasteiger partial charge in [0.25, 0.3) is 0 Å². The molecule has 0 radical (unpaired) electrons. The molecule has 6 nitrogen and oxygen atoms in total. The van der Waals surface area contributed by atoms with Crippen molar-refractivity contribution in [2.75, 3.05) is 14.1 Å². The van der Waals surface area contributed by atoms with E-state index in [0.717, 1.165) is 4.31 Å². The predicted molar refractivity (Wildman–Crippen MR) is 93.3 cm³/mol. The Hall–Kier alpha value is -2.51. The van der Waals surface area contributed by atoms with Crippen LogP contribution in [0.4, 0.5) is 0 Å². The maximum absolute atomic E-state index is 12.1. The Morgan fingerprint density at radius 2 is 1.44 bits per heavy atom. The zero-order chi connectivity index (χ0) is 18.6. The number of rotatable bonds is 6. The van der Waals surface area contributed by atoms with Crippen LogP contribution in [-0.4, -0.2) is 38.6 Å². The quantitative estimate of drug-likeness (QED) is 0.449. The standard InChI is InChI=1S/C18H19NO5S/c1-4-17(20)13-5-9-15(10-6-13)24-18(21)14-7-11-16(12-8-14)25(22,23)19(2)3/h5-12H,4H2,1-3H3. The molecule has 0 aliphatic heterocycles. The molecule has 0 aromatic heterocycles. The minimum absolute atomic E-state index is 0.00978. The van der Waals surface area contributed by atoms with Crippen LogP contribution in [0.15, 0.2) is 53.4 Å². The van der Waals surface area contributed by atoms with Crippen LogP contribution in [0.2, 0.25) is 0 Å². The summed E-state index contributed by atoms with van der Waals surface area (Å²) in [5, 5.41) is 0. The minimum Gasteiger partial charge on any atom is -0.423 e. The smallest absolute Gasteiger partial charge is 0.343 e. The molecule has 0 fully saturated rings. The zero-order valence-electron chi connectivity index (χ0n) is 14.2. The van der Waals surface area contributed by atoms with Crippen LogP contribution in [-0.2, 0) is 10.0 Å². The van der Waals surface area contributed by atoms with E-state index in [2.05, 4.69) is 0 Å². The molecular weight excluding hydrogens is 342 g/mol. The largest absolute Gasteiger partial charge is 0.423 e. The Morgan fingerprint density at radius 3 is 1.92 bits per heavy atom. The van der Waals surface area contributed by atoms with Crippen molar-refractivity contribution < 1.29 is 22.7 Å². The molecule has 0 amide bonds. The van der Waals surface area contributed by atoms with Crippen molar-refractivity contribution in [3.8, 4) is 5.75 Å². The van der Waals surface area contributed by atoms with Gasteiger partial charge in [0.05, 0.1) is 10.5 Å². The average molecular weight is 361 g/mol. The van der Waals surface area contributed by atoms with Gasteiger partial charge < -0.3 is 4.74 Å². The van der Waals surface area contributed by atoms with Crippen LogP contribution in [0.3, 0.4) is 0 Å². The highest BCUT2D eigenvalue weighted by atomic mass is 32.2. The molecule has 0 unspecified atom stereocenters. The third-order valence-electron chi connectivity index (χ3n) is 3.58. The van der Waals surface area contributed by atoms with E-state index in [1.165, 1.54) is 38.4 Å². The van der Waals surface area contributed by atoms with Gasteiger partial charge in [-0.25, -0.2) is 17.5 Å². The van der Waals surface area contributed by atoms with Gasteiger partial charge in [0, 0.05) is 26.1 Å². The SMILES string of the molecule is CCC(=O)c1ccc(OC(=O)c2ccc(S(=O)(=O)N(C)C)cc2)cc1. The van der Waals surface area contributed by atoms with Gasteiger partial charge >= 0.3 is 5.97 Å². The van der Waals surface area contributed by atoms with Crippen molar-refractivity contribution in [2.45, 2.75) is 18.2 Å². The Labute approximate surface area is 147 Å². The first-order chi connectivity index (χ1) is 11.8. The molecule has 0 saturated carbocycles. The van der Waals surface area contributed by atoms with Crippen molar-refractivity contribution in [3.63, 3.8) is 0 Å². The molecule has 0 atom stereocenters. The summed E-state index contributed by atoms with van der Waals surface area (Å²) in [6.45, 7) is 1.77. The summed E-state index contributed by atoms with van der Waals surface area (Å²) < 4.78 is 30.3. The van der Waals surface area contributed by atoms with Crippen LogP contribution in [0, 0.1) is 0 Å². The first-order valence-corrected chi connectivity index (χ1v) is 9.07. The first kappa shape index (κ1) is 18.8. The van der Waals surface area contributed by atoms with E-state index < -0.39 is 16.0 Å². The topological polar surface area (TPSA) is 80.8 Å². The predicted octanol–water partition coefficient (Wildman–Crippen LogP) is 2.75. The summed E-state index contributed by atoms with van der Waals surface area (Å²) in [5.41, 5.74) is 0.784. The molecule has 2 aromatic carbocycles. The highest BCUT2D eigenvalue weighted by Crippen LogP contribution is 2.17. The first-order valence-electron chi connectivity index (χ1n) is 7.63. The van der Waals surface area contributed by atoms with Crippen LogP contribution in [0.5, 0.6) is 5.75 Å². The molecule has 0 spiro atoms. The number of carbonyl (C=O) groups is 2. The number of ether oxygens (including phenoxy) is 1. The molecule has 132 valence electrons. The molecule has 2 aromatic rings. The van der Waals surface area contributed by atoms with Crippen LogP contribution in [0.25, 0.3) is 0 Å². The van der Waals surface area contributed by atoms with E-state index in [1.807, 2.05) is 0 Å². The number of hydrogen-bond donors (Lipinski definition) is 0. The second-order valence-electron chi connectivity index (χ2n) is 5.50. The molecule has 0 bridgehead atoms. The van der Waals surface area contributed by atoms with Gasteiger partial charge in [0.2, 0.25) is 10.0 Å². The Morgan fingerprint density at radius 1 is 0.920 bits per heavy atom. The molecule has 0 saturated heterocycles. The number of hydrogen-bond acceptors (Lipinski definition) is 5. The van der Waals surface area contributed by atoms with Gasteiger partial charge in [0.15, 0.2) is 5.78 Å². The highest BCUT2D eigenvalue weighted by molar-refractivity contribution is 7.89. The van der Waals surface area contributed by atoms with E-state index >= 15 is 0 Å². The van der Waals surface area contributed by atoms with Gasteiger partial charge in [-0.2, -0.15) is 0 Å². The molecule has 2 rings (SSSR count). The fourth-order valence-electron chi connectivity index (χ4n) is 2.05. The normalized spacial score (nSPS) is 11.4. The highest BCUT2D eigenvalue weighted by Gasteiger charge is 2.18. The van der Waals surface area contributed by atoms with E-state index in [4.69, 9.17) is 4.74 Å². The molecule has 0 aliphatic carbocycles. The van der Waals surface area contributed by atoms with E-state index in [9.17, 15) is 18.0 Å². The molecule has 0 N–H and O–H groups in total. The van der Waals surface area contributed by atoms with Gasteiger partial charge in [-0.1, -0.05) is 6.92 Å². The number of ketones is 1. The van der Waals surface area contributed by atoms with E-state index in [1.54, 1.807) is 31.2 Å². The second-order valence-corrected chi connectivity index (χ2v) is 7.65. The minimum atomic E-state index is -3.54. The Kier molecular flexibility index (Phi) is 5.71. The van der Waals surface area contributed by atoms with Crippen LogP contribution >= 0.6 is 0 Å². The number of benzene rings is 2. The lowest BCUT2D eigenvalue weighted by molar-refractivity contribution is 0.0734. The van der Waals surface area contributed by atoms with Crippen molar-refractivity contribution in [2.24, 2.45) is 0 Å². The lowest BCUT2D eigenvalue weighted by Gasteiger charge is -2.11. The number of esters is 1. The third kappa shape index (κ3) is 4.32. The van der Waals surface area contributed by atoms with E-state index in [-0.39, 0.29) is 16.2 Å². The Balaban J connectivity index is 2.12. The van der Waals surface area contributed by atoms with Crippen LogP contribution < -0.4 is 4.74 Å². The average Bonchev–Trinajstić information content (AvgIpc) is 2.61. The summed E-state index contributed by atoms with van der Waals surface area (Å²) >= 11 is 0. The number of Topliss-reactive ketones (excluding diaryl/α,β-unsaturated/α-hetero) is 1. The monoisotopic (exact) mass is 361 g/mol. The fourth-order valence-corrected chi connectivity index (χ4v) is 2.95. The summed E-state index contributed by atoms with van der Waals surface area (Å²) in [4.78, 5) is 23.8. The molecule has 7 heteroatoms. The van der Waals surface area contributed by atoms with Crippen molar-refractivity contribution in [1.29, 1.82) is 0 Å². The Bertz CT molecular complexity index is 869. The maximum atomic E-state index is 12.1. The number of sulfonamides is 1. The van der Waals surface area contributed by atoms with Crippen LogP contribution in [0.1, 0.15) is 34.1 Å². The lowest BCUT2D eigenvalue weighted by atomic mass is 10.1. The van der Waals surface area contributed by atoms with Gasteiger partial charge in [-0.3, -0.25) is 4.79 Å². The molecule has 0 aliphatic rings. The van der Waals surface area contributed by atoms with Crippen molar-refractivity contribution in [3.05, 3.63) is 59.7 Å². The molecular formula is C18H19NO5S. The summed E-state index contributed by atoms with van der Waals surface area (Å²) in [6.07, 6.45) is 0.404. The molecule has 0 heterocycles. The summed E-state index contributed by atoms with van der Waals surface area (Å²) in [5.74, 6) is -0.290.